The van der Waals surface area contributed by atoms with Crippen LogP contribution in [0.2, 0.25) is 0 Å². The van der Waals surface area contributed by atoms with Crippen LogP contribution < -0.4 is 10.9 Å². The van der Waals surface area contributed by atoms with E-state index in [9.17, 15) is 9.59 Å². The van der Waals surface area contributed by atoms with Gasteiger partial charge in [-0.25, -0.2) is 0 Å². The van der Waals surface area contributed by atoms with Crippen molar-refractivity contribution in [1.82, 2.24) is 4.98 Å². The lowest BCUT2D eigenvalue weighted by Crippen LogP contribution is -2.10. The second-order valence-electron chi connectivity index (χ2n) is 2.33. The Hall–Kier alpha value is -1.42. The minimum atomic E-state index is -0.217. The summed E-state index contributed by atoms with van der Waals surface area (Å²) in [7, 11) is 0. The van der Waals surface area contributed by atoms with Gasteiger partial charge in [-0.1, -0.05) is 0 Å². The summed E-state index contributed by atoms with van der Waals surface area (Å²) in [4.78, 5) is 25.9. The number of hydrogen-bond acceptors (Lipinski definition) is 3. The van der Waals surface area contributed by atoms with Crippen molar-refractivity contribution in [3.8, 4) is 0 Å². The Morgan fingerprint density at radius 3 is 2.67 bits per heavy atom. The highest BCUT2D eigenvalue weighted by Crippen LogP contribution is 2.06. The number of aromatic amines is 1. The zero-order valence-electron chi connectivity index (χ0n) is 6.03. The maximum Gasteiger partial charge on any atom is 0.194 e. The molecule has 0 radical (unpaired) electrons. The van der Waals surface area contributed by atoms with Gasteiger partial charge in [-0.15, -0.1) is 11.3 Å². The van der Waals surface area contributed by atoms with Crippen LogP contribution in [0.3, 0.4) is 0 Å². The molecule has 0 fully saturated rings. The van der Waals surface area contributed by atoms with Crippen LogP contribution in [0.5, 0.6) is 0 Å². The fraction of sp³-hybridized carbons (Fsp3) is 0. The van der Waals surface area contributed by atoms with Crippen LogP contribution in [-0.4, -0.2) is 4.98 Å². The fourth-order valence-electron chi connectivity index (χ4n) is 1.03. The molecule has 0 saturated heterocycles. The molecule has 1 N–H and O–H groups in total. The summed E-state index contributed by atoms with van der Waals surface area (Å²) in [5.74, 6) is 0. The lowest BCUT2D eigenvalue weighted by molar-refractivity contribution is 1.41. The average Bonchev–Trinajstić information content (AvgIpc) is 2.04. The van der Waals surface area contributed by atoms with E-state index in [2.05, 4.69) is 4.98 Å². The lowest BCUT2D eigenvalue weighted by atomic mass is 10.3. The van der Waals surface area contributed by atoms with Crippen molar-refractivity contribution < 1.29 is 0 Å². The molecular formula is C8H5NO2S. The fourth-order valence-corrected chi connectivity index (χ4v) is 1.82. The van der Waals surface area contributed by atoms with Crippen LogP contribution >= 0.6 is 11.3 Å². The Balaban J connectivity index is 3.18. The van der Waals surface area contributed by atoms with Crippen LogP contribution in [0, 0.1) is 0 Å². The van der Waals surface area contributed by atoms with Crippen molar-refractivity contribution in [2.24, 2.45) is 0 Å². The second kappa shape index (κ2) is 2.57. The van der Waals surface area contributed by atoms with Gasteiger partial charge in [-0.05, 0) is 11.4 Å². The number of hydrogen-bond donors (Lipinski definition) is 1. The molecule has 3 nitrogen and oxygen atoms in total. The van der Waals surface area contributed by atoms with E-state index < -0.39 is 0 Å². The van der Waals surface area contributed by atoms with E-state index in [-0.39, 0.29) is 16.2 Å². The van der Waals surface area contributed by atoms with Gasteiger partial charge in [0.15, 0.2) is 10.9 Å². The topological polar surface area (TPSA) is 49.9 Å². The summed E-state index contributed by atoms with van der Waals surface area (Å²) in [6.07, 6.45) is 1.54. The highest BCUT2D eigenvalue weighted by atomic mass is 32.1. The molecule has 2 aromatic heterocycles. The van der Waals surface area contributed by atoms with Crippen molar-refractivity contribution in [3.63, 3.8) is 0 Å². The molecule has 0 amide bonds. The van der Waals surface area contributed by atoms with Gasteiger partial charge in [0, 0.05) is 12.3 Å². The molecular weight excluding hydrogens is 174 g/mol. The maximum absolute atomic E-state index is 11.2. The third-order valence-electron chi connectivity index (χ3n) is 1.57. The molecule has 4 heteroatoms. The molecule has 60 valence electrons. The summed E-state index contributed by atoms with van der Waals surface area (Å²) >= 11 is 1.35. The number of H-pyrrole nitrogens is 1. The van der Waals surface area contributed by atoms with Crippen LogP contribution in [-0.2, 0) is 0 Å². The zero-order chi connectivity index (χ0) is 8.55. The first-order valence-electron chi connectivity index (χ1n) is 3.38. The van der Waals surface area contributed by atoms with E-state index in [1.807, 2.05) is 0 Å². The van der Waals surface area contributed by atoms with Gasteiger partial charge in [-0.3, -0.25) is 9.59 Å². The molecule has 0 aromatic carbocycles. The number of aromatic nitrogens is 1. The zero-order valence-corrected chi connectivity index (χ0v) is 6.85. The SMILES string of the molecule is O=c1cc[nH]c2sccc(=O)c12. The largest absolute Gasteiger partial charge is 0.353 e. The van der Waals surface area contributed by atoms with Crippen molar-refractivity contribution in [3.05, 3.63) is 44.2 Å². The summed E-state index contributed by atoms with van der Waals surface area (Å²) in [6.45, 7) is 0. The standard InChI is InChI=1S/C8H5NO2S/c10-5-1-3-9-8-7(5)6(11)2-4-12-8/h1-4H,(H,9,10). The Bertz CT molecular complexity index is 481. The predicted octanol–water partition coefficient (Wildman–Crippen LogP) is 0.950. The van der Waals surface area contributed by atoms with Gasteiger partial charge >= 0.3 is 0 Å². The van der Waals surface area contributed by atoms with Gasteiger partial charge in [-0.2, -0.15) is 0 Å². The summed E-state index contributed by atoms with van der Waals surface area (Å²) < 4.78 is 0. The quantitative estimate of drug-likeness (QED) is 0.654. The van der Waals surface area contributed by atoms with Crippen LogP contribution in [0.15, 0.2) is 33.3 Å². The monoisotopic (exact) mass is 179 g/mol. The van der Waals surface area contributed by atoms with E-state index in [1.54, 1.807) is 11.6 Å². The molecule has 12 heavy (non-hydrogen) atoms. The third-order valence-corrected chi connectivity index (χ3v) is 2.40. The third kappa shape index (κ3) is 0.967. The Morgan fingerprint density at radius 1 is 1.17 bits per heavy atom. The molecule has 2 rings (SSSR count). The molecule has 0 unspecified atom stereocenters. The average molecular weight is 179 g/mol. The van der Waals surface area contributed by atoms with Crippen molar-refractivity contribution in [2.45, 2.75) is 0 Å². The highest BCUT2D eigenvalue weighted by Gasteiger charge is 2.00. The van der Waals surface area contributed by atoms with Crippen molar-refractivity contribution in [2.75, 3.05) is 0 Å². The van der Waals surface area contributed by atoms with Gasteiger partial charge < -0.3 is 4.98 Å². The van der Waals surface area contributed by atoms with Crippen LogP contribution in [0.25, 0.3) is 10.2 Å². The smallest absolute Gasteiger partial charge is 0.194 e. The molecule has 2 aromatic rings. The maximum atomic E-state index is 11.2. The normalized spacial score (nSPS) is 10.3. The van der Waals surface area contributed by atoms with E-state index >= 15 is 0 Å². The first-order chi connectivity index (χ1) is 5.79. The summed E-state index contributed by atoms with van der Waals surface area (Å²) in [5.41, 5.74) is -0.434. The first-order valence-corrected chi connectivity index (χ1v) is 4.26. The van der Waals surface area contributed by atoms with Crippen molar-refractivity contribution in [1.29, 1.82) is 0 Å². The van der Waals surface area contributed by atoms with Crippen LogP contribution in [0.4, 0.5) is 0 Å². The molecule has 0 saturated carbocycles. The van der Waals surface area contributed by atoms with Gasteiger partial charge in [0.05, 0.1) is 0 Å². The minimum absolute atomic E-state index is 0.217. The second-order valence-corrected chi connectivity index (χ2v) is 3.25. The molecule has 0 aliphatic rings. The lowest BCUT2D eigenvalue weighted by Gasteiger charge is -1.91. The van der Waals surface area contributed by atoms with E-state index in [1.165, 1.54) is 23.5 Å². The van der Waals surface area contributed by atoms with E-state index in [4.69, 9.17) is 0 Å². The van der Waals surface area contributed by atoms with Crippen molar-refractivity contribution >= 4 is 21.6 Å². The minimum Gasteiger partial charge on any atom is -0.353 e. The molecule has 0 atom stereocenters. The highest BCUT2D eigenvalue weighted by molar-refractivity contribution is 7.16. The van der Waals surface area contributed by atoms with Gasteiger partial charge in [0.1, 0.15) is 10.2 Å². The summed E-state index contributed by atoms with van der Waals surface area (Å²) in [6, 6.07) is 2.76. The molecule has 0 bridgehead atoms. The van der Waals surface area contributed by atoms with Crippen LogP contribution in [0.1, 0.15) is 0 Å². The predicted molar refractivity (Wildman–Crippen MR) is 48.7 cm³/mol. The van der Waals surface area contributed by atoms with E-state index in [0.29, 0.717) is 4.83 Å². The Labute approximate surface area is 71.3 Å². The van der Waals surface area contributed by atoms with Gasteiger partial charge in [0.2, 0.25) is 0 Å². The molecule has 0 spiro atoms. The molecule has 0 aliphatic carbocycles. The number of fused-ring (bicyclic) bond motifs is 1. The molecule has 2 heterocycles. The first kappa shape index (κ1) is 7.24. The number of pyridine rings is 1. The Kier molecular flexibility index (Phi) is 1.55. The summed E-state index contributed by atoms with van der Waals surface area (Å²) in [5, 5.41) is 1.92. The number of nitrogens with one attached hydrogen (secondary N) is 1. The van der Waals surface area contributed by atoms with E-state index in [0.717, 1.165) is 0 Å². The molecule has 0 aliphatic heterocycles. The number of rotatable bonds is 0. The Morgan fingerprint density at radius 2 is 1.92 bits per heavy atom. The van der Waals surface area contributed by atoms with Gasteiger partial charge in [0.25, 0.3) is 0 Å².